The van der Waals surface area contributed by atoms with E-state index in [0.717, 1.165) is 24.4 Å². The van der Waals surface area contributed by atoms with Crippen molar-refractivity contribution in [2.75, 3.05) is 26.2 Å². The summed E-state index contributed by atoms with van der Waals surface area (Å²) in [6, 6.07) is 8.65. The molecule has 1 saturated heterocycles. The highest BCUT2D eigenvalue weighted by Crippen LogP contribution is 2.17. The SMILES string of the molecule is C#CCOc1ccccc1CNCC(C)N1CCCC1. The highest BCUT2D eigenvalue weighted by atomic mass is 16.5. The molecule has 20 heavy (non-hydrogen) atoms. The number of para-hydroxylation sites is 1. The van der Waals surface area contributed by atoms with Crippen LogP contribution in [0.15, 0.2) is 24.3 Å². The molecule has 1 atom stereocenters. The van der Waals surface area contributed by atoms with Crippen LogP contribution in [0.1, 0.15) is 25.3 Å². The van der Waals surface area contributed by atoms with Gasteiger partial charge in [-0.25, -0.2) is 0 Å². The highest BCUT2D eigenvalue weighted by molar-refractivity contribution is 5.33. The van der Waals surface area contributed by atoms with Crippen LogP contribution in [0.2, 0.25) is 0 Å². The van der Waals surface area contributed by atoms with E-state index in [1.165, 1.54) is 25.9 Å². The zero-order valence-corrected chi connectivity index (χ0v) is 12.3. The lowest BCUT2D eigenvalue weighted by Gasteiger charge is -2.24. The zero-order valence-electron chi connectivity index (χ0n) is 12.3. The second-order valence-corrected chi connectivity index (χ2v) is 5.32. The quantitative estimate of drug-likeness (QED) is 0.771. The van der Waals surface area contributed by atoms with Crippen LogP contribution in [0.25, 0.3) is 0 Å². The summed E-state index contributed by atoms with van der Waals surface area (Å²) in [7, 11) is 0. The summed E-state index contributed by atoms with van der Waals surface area (Å²) in [5, 5.41) is 3.52. The van der Waals surface area contributed by atoms with Crippen LogP contribution in [0.4, 0.5) is 0 Å². The third-order valence-electron chi connectivity index (χ3n) is 3.80. The van der Waals surface area contributed by atoms with Crippen LogP contribution in [-0.2, 0) is 6.54 Å². The van der Waals surface area contributed by atoms with Gasteiger partial charge in [-0.05, 0) is 38.9 Å². The minimum atomic E-state index is 0.321. The molecule has 1 aromatic carbocycles. The first kappa shape index (κ1) is 14.9. The zero-order chi connectivity index (χ0) is 14.2. The van der Waals surface area contributed by atoms with Gasteiger partial charge in [0, 0.05) is 24.7 Å². The number of ether oxygens (including phenoxy) is 1. The van der Waals surface area contributed by atoms with E-state index in [0.29, 0.717) is 12.6 Å². The Hall–Kier alpha value is -1.50. The van der Waals surface area contributed by atoms with Crippen molar-refractivity contribution in [1.29, 1.82) is 0 Å². The van der Waals surface area contributed by atoms with E-state index in [9.17, 15) is 0 Å². The predicted octanol–water partition coefficient (Wildman–Crippen LogP) is 2.27. The molecule has 3 nitrogen and oxygen atoms in total. The molecule has 2 rings (SSSR count). The van der Waals surface area contributed by atoms with Gasteiger partial charge >= 0.3 is 0 Å². The van der Waals surface area contributed by atoms with Gasteiger partial charge < -0.3 is 10.1 Å². The van der Waals surface area contributed by atoms with Crippen molar-refractivity contribution < 1.29 is 4.74 Å². The molecule has 1 heterocycles. The number of hydrogen-bond donors (Lipinski definition) is 1. The highest BCUT2D eigenvalue weighted by Gasteiger charge is 2.17. The maximum absolute atomic E-state index is 5.56. The van der Waals surface area contributed by atoms with Crippen molar-refractivity contribution in [2.45, 2.75) is 32.4 Å². The van der Waals surface area contributed by atoms with Gasteiger partial charge in [0.25, 0.3) is 0 Å². The Bertz CT molecular complexity index is 447. The standard InChI is InChI=1S/C17H24N2O/c1-3-12-20-17-9-5-4-8-16(17)14-18-13-15(2)19-10-6-7-11-19/h1,4-5,8-9,15,18H,6-7,10-14H2,2H3. The second-order valence-electron chi connectivity index (χ2n) is 5.32. The predicted molar refractivity (Wildman–Crippen MR) is 82.7 cm³/mol. The first-order valence-corrected chi connectivity index (χ1v) is 7.40. The molecule has 1 N–H and O–H groups in total. The van der Waals surface area contributed by atoms with Gasteiger partial charge in [-0.2, -0.15) is 0 Å². The molecule has 1 fully saturated rings. The van der Waals surface area contributed by atoms with Gasteiger partial charge in [-0.1, -0.05) is 24.1 Å². The van der Waals surface area contributed by atoms with Crippen molar-refractivity contribution in [3.63, 3.8) is 0 Å². The molecule has 1 aromatic rings. The Balaban J connectivity index is 1.79. The van der Waals surface area contributed by atoms with Crippen LogP contribution in [0.5, 0.6) is 5.75 Å². The molecule has 3 heteroatoms. The molecule has 0 saturated carbocycles. The smallest absolute Gasteiger partial charge is 0.148 e. The van der Waals surface area contributed by atoms with E-state index in [4.69, 9.17) is 11.2 Å². The van der Waals surface area contributed by atoms with Crippen molar-refractivity contribution in [3.8, 4) is 18.1 Å². The van der Waals surface area contributed by atoms with E-state index in [2.05, 4.69) is 29.1 Å². The molecule has 1 unspecified atom stereocenters. The lowest BCUT2D eigenvalue weighted by atomic mass is 10.2. The number of rotatable bonds is 7. The summed E-state index contributed by atoms with van der Waals surface area (Å²) >= 11 is 0. The summed E-state index contributed by atoms with van der Waals surface area (Å²) in [5.41, 5.74) is 1.16. The molecule has 0 aromatic heterocycles. The van der Waals surface area contributed by atoms with Gasteiger partial charge in [0.15, 0.2) is 0 Å². The van der Waals surface area contributed by atoms with Gasteiger partial charge in [0.05, 0.1) is 0 Å². The Morgan fingerprint density at radius 2 is 2.10 bits per heavy atom. The van der Waals surface area contributed by atoms with Gasteiger partial charge in [-0.15, -0.1) is 6.42 Å². The third-order valence-corrected chi connectivity index (χ3v) is 3.80. The largest absolute Gasteiger partial charge is 0.481 e. The number of nitrogens with zero attached hydrogens (tertiary/aromatic N) is 1. The fraction of sp³-hybridized carbons (Fsp3) is 0.529. The molecule has 0 spiro atoms. The number of benzene rings is 1. The van der Waals surface area contributed by atoms with Crippen LogP contribution < -0.4 is 10.1 Å². The fourth-order valence-corrected chi connectivity index (χ4v) is 2.64. The molecular weight excluding hydrogens is 248 g/mol. The molecule has 1 aliphatic rings. The fourth-order valence-electron chi connectivity index (χ4n) is 2.64. The Labute approximate surface area is 122 Å². The molecular formula is C17H24N2O. The van der Waals surface area contributed by atoms with Crippen molar-refractivity contribution in [3.05, 3.63) is 29.8 Å². The number of nitrogens with one attached hydrogen (secondary N) is 1. The van der Waals surface area contributed by atoms with E-state index in [1.807, 2.05) is 18.2 Å². The average Bonchev–Trinajstić information content (AvgIpc) is 3.00. The lowest BCUT2D eigenvalue weighted by molar-refractivity contribution is 0.251. The molecule has 108 valence electrons. The summed E-state index contributed by atoms with van der Waals surface area (Å²) < 4.78 is 5.56. The second kappa shape index (κ2) is 7.94. The van der Waals surface area contributed by atoms with Crippen molar-refractivity contribution >= 4 is 0 Å². The Morgan fingerprint density at radius 1 is 1.35 bits per heavy atom. The number of hydrogen-bond acceptors (Lipinski definition) is 3. The van der Waals surface area contributed by atoms with Gasteiger partial charge in [0.1, 0.15) is 12.4 Å². The monoisotopic (exact) mass is 272 g/mol. The van der Waals surface area contributed by atoms with E-state index in [-0.39, 0.29) is 0 Å². The van der Waals surface area contributed by atoms with E-state index < -0.39 is 0 Å². The summed E-state index contributed by atoms with van der Waals surface area (Å²) in [6.45, 7) is 6.91. The topological polar surface area (TPSA) is 24.5 Å². The molecule has 0 radical (unpaired) electrons. The van der Waals surface area contributed by atoms with E-state index >= 15 is 0 Å². The Kier molecular flexibility index (Phi) is 5.91. The maximum atomic E-state index is 5.56. The molecule has 1 aliphatic heterocycles. The average molecular weight is 272 g/mol. The third kappa shape index (κ3) is 4.26. The molecule has 0 aliphatic carbocycles. The summed E-state index contributed by atoms with van der Waals surface area (Å²) in [5.74, 6) is 3.39. The lowest BCUT2D eigenvalue weighted by Crippen LogP contribution is -2.38. The number of terminal acetylenes is 1. The van der Waals surface area contributed by atoms with Crippen LogP contribution in [0, 0.1) is 12.3 Å². The Morgan fingerprint density at radius 3 is 2.85 bits per heavy atom. The maximum Gasteiger partial charge on any atom is 0.148 e. The van der Waals surface area contributed by atoms with Crippen LogP contribution >= 0.6 is 0 Å². The minimum Gasteiger partial charge on any atom is -0.481 e. The number of likely N-dealkylation sites (tertiary alicyclic amines) is 1. The first-order chi connectivity index (χ1) is 9.81. The van der Waals surface area contributed by atoms with Gasteiger partial charge in [0.2, 0.25) is 0 Å². The molecule has 0 amide bonds. The van der Waals surface area contributed by atoms with E-state index in [1.54, 1.807) is 0 Å². The van der Waals surface area contributed by atoms with Crippen LogP contribution in [0.3, 0.4) is 0 Å². The van der Waals surface area contributed by atoms with Gasteiger partial charge in [-0.3, -0.25) is 4.90 Å². The normalized spacial score (nSPS) is 16.8. The summed E-state index contributed by atoms with van der Waals surface area (Å²) in [6.07, 6.45) is 7.92. The minimum absolute atomic E-state index is 0.321. The molecule has 0 bridgehead atoms. The summed E-state index contributed by atoms with van der Waals surface area (Å²) in [4.78, 5) is 2.55. The van der Waals surface area contributed by atoms with Crippen molar-refractivity contribution in [1.82, 2.24) is 10.2 Å². The van der Waals surface area contributed by atoms with Crippen molar-refractivity contribution in [2.24, 2.45) is 0 Å². The van der Waals surface area contributed by atoms with Crippen LogP contribution in [-0.4, -0.2) is 37.2 Å². The first-order valence-electron chi connectivity index (χ1n) is 7.40.